The summed E-state index contributed by atoms with van der Waals surface area (Å²) in [7, 11) is 0. The zero-order valence-electron chi connectivity index (χ0n) is 18.7. The molecule has 2 amide bonds. The Labute approximate surface area is 205 Å². The van der Waals surface area contributed by atoms with Crippen LogP contribution in [0, 0.1) is 0 Å². The van der Waals surface area contributed by atoms with E-state index >= 15 is 0 Å². The van der Waals surface area contributed by atoms with Crippen LogP contribution in [-0.2, 0) is 20.8 Å². The van der Waals surface area contributed by atoms with Gasteiger partial charge in [0.25, 0.3) is 5.91 Å². The molecule has 1 aromatic heterocycles. The number of ether oxygens (including phenoxy) is 2. The molecule has 1 atom stereocenters. The largest absolute Gasteiger partial charge is 0.479 e. The van der Waals surface area contributed by atoms with E-state index in [1.54, 1.807) is 0 Å². The lowest BCUT2D eigenvalue weighted by Gasteiger charge is -2.23. The molecule has 1 aliphatic carbocycles. The lowest BCUT2D eigenvalue weighted by molar-refractivity contribution is -0.144. The molecule has 1 fully saturated rings. The number of amides is 2. The van der Waals surface area contributed by atoms with Gasteiger partial charge in [0, 0.05) is 18.9 Å². The summed E-state index contributed by atoms with van der Waals surface area (Å²) in [5.41, 5.74) is 3.13. The molecule has 1 saturated heterocycles. The van der Waals surface area contributed by atoms with Crippen molar-refractivity contribution in [1.82, 2.24) is 15.6 Å². The highest BCUT2D eigenvalue weighted by molar-refractivity contribution is 7.13. The number of carboxylic acids is 1. The van der Waals surface area contributed by atoms with Gasteiger partial charge in [-0.15, -0.1) is 11.3 Å². The summed E-state index contributed by atoms with van der Waals surface area (Å²) in [5, 5.41) is 15.2. The average Bonchev–Trinajstić information content (AvgIpc) is 3.60. The third-order valence-electron chi connectivity index (χ3n) is 6.29. The number of nitrogens with one attached hydrogen (secondary N) is 2. The molecular formula is C25H23N3O6S. The van der Waals surface area contributed by atoms with Gasteiger partial charge in [-0.3, -0.25) is 4.79 Å². The van der Waals surface area contributed by atoms with Gasteiger partial charge in [-0.1, -0.05) is 48.5 Å². The molecule has 1 unspecified atom stereocenters. The third kappa shape index (κ3) is 4.50. The smallest absolute Gasteiger partial charge is 0.407 e. The minimum absolute atomic E-state index is 0.0376. The third-order valence-corrected chi connectivity index (χ3v) is 7.28. The molecule has 10 heteroatoms. The average molecular weight is 494 g/mol. The molecule has 2 aliphatic rings. The van der Waals surface area contributed by atoms with Crippen LogP contribution in [0.2, 0.25) is 0 Å². The van der Waals surface area contributed by atoms with E-state index < -0.39 is 23.5 Å². The van der Waals surface area contributed by atoms with E-state index in [2.05, 4.69) is 39.9 Å². The van der Waals surface area contributed by atoms with Crippen LogP contribution in [-0.4, -0.2) is 53.4 Å². The van der Waals surface area contributed by atoms with Gasteiger partial charge in [0.1, 0.15) is 16.5 Å². The zero-order valence-corrected chi connectivity index (χ0v) is 19.5. The van der Waals surface area contributed by atoms with E-state index in [-0.39, 0.29) is 43.6 Å². The molecule has 3 N–H and O–H groups in total. The Morgan fingerprint density at radius 3 is 2.43 bits per heavy atom. The minimum Gasteiger partial charge on any atom is -0.479 e. The predicted molar refractivity (Wildman–Crippen MR) is 127 cm³/mol. The number of hydrogen-bond donors (Lipinski definition) is 3. The van der Waals surface area contributed by atoms with E-state index in [0.29, 0.717) is 5.01 Å². The SMILES string of the molecule is O=C(NCc1ncc(C(=O)NC2(C(=O)O)CCOC2)s1)OCC1c2ccccc2-c2ccccc21. The van der Waals surface area contributed by atoms with Crippen LogP contribution in [0.25, 0.3) is 11.1 Å². The minimum atomic E-state index is -1.43. The van der Waals surface area contributed by atoms with E-state index in [1.165, 1.54) is 6.20 Å². The number of carbonyl (C=O) groups excluding carboxylic acids is 2. The van der Waals surface area contributed by atoms with Crippen LogP contribution in [0.3, 0.4) is 0 Å². The van der Waals surface area contributed by atoms with Crippen molar-refractivity contribution >= 4 is 29.3 Å². The van der Waals surface area contributed by atoms with E-state index in [1.807, 2.05) is 24.3 Å². The molecular weight excluding hydrogens is 470 g/mol. The molecule has 0 radical (unpaired) electrons. The van der Waals surface area contributed by atoms with Crippen molar-refractivity contribution in [1.29, 1.82) is 0 Å². The van der Waals surface area contributed by atoms with Crippen LogP contribution in [0.4, 0.5) is 4.79 Å². The molecule has 35 heavy (non-hydrogen) atoms. The molecule has 9 nitrogen and oxygen atoms in total. The number of hydrogen-bond acceptors (Lipinski definition) is 7. The van der Waals surface area contributed by atoms with Gasteiger partial charge in [0.05, 0.1) is 19.3 Å². The second kappa shape index (κ2) is 9.47. The summed E-state index contributed by atoms with van der Waals surface area (Å²) in [4.78, 5) is 40.9. The highest BCUT2D eigenvalue weighted by atomic mass is 32.1. The maximum absolute atomic E-state index is 12.5. The van der Waals surface area contributed by atoms with E-state index in [0.717, 1.165) is 33.6 Å². The van der Waals surface area contributed by atoms with Crippen molar-refractivity contribution in [2.45, 2.75) is 24.4 Å². The van der Waals surface area contributed by atoms with Crippen LogP contribution < -0.4 is 10.6 Å². The van der Waals surface area contributed by atoms with Gasteiger partial charge in [-0.2, -0.15) is 0 Å². The van der Waals surface area contributed by atoms with Crippen molar-refractivity contribution < 1.29 is 29.0 Å². The Hall–Kier alpha value is -3.76. The number of aliphatic carboxylic acids is 1. The van der Waals surface area contributed by atoms with Crippen LogP contribution in [0.15, 0.2) is 54.7 Å². The molecule has 5 rings (SSSR count). The van der Waals surface area contributed by atoms with Gasteiger partial charge < -0.3 is 25.2 Å². The van der Waals surface area contributed by atoms with Crippen molar-refractivity contribution in [3.63, 3.8) is 0 Å². The summed E-state index contributed by atoms with van der Waals surface area (Å²) >= 11 is 1.07. The number of carboxylic acid groups (broad SMARTS) is 1. The first-order valence-corrected chi connectivity index (χ1v) is 12.0. The second-order valence-electron chi connectivity index (χ2n) is 8.44. The van der Waals surface area contributed by atoms with Crippen molar-refractivity contribution in [3.8, 4) is 11.1 Å². The van der Waals surface area contributed by atoms with Crippen LogP contribution in [0.1, 0.15) is 38.1 Å². The summed E-state index contributed by atoms with van der Waals surface area (Å²) in [6.07, 6.45) is 0.976. The molecule has 0 bridgehead atoms. The zero-order chi connectivity index (χ0) is 24.4. The summed E-state index contributed by atoms with van der Waals surface area (Å²) in [6.45, 7) is 0.472. The first-order valence-electron chi connectivity index (χ1n) is 11.1. The van der Waals surface area contributed by atoms with Gasteiger partial charge in [0.2, 0.25) is 0 Å². The van der Waals surface area contributed by atoms with Gasteiger partial charge in [-0.05, 0) is 22.3 Å². The molecule has 1 aliphatic heterocycles. The molecule has 0 saturated carbocycles. The predicted octanol–water partition coefficient (Wildman–Crippen LogP) is 3.16. The fourth-order valence-corrected chi connectivity index (χ4v) is 5.21. The second-order valence-corrected chi connectivity index (χ2v) is 9.56. The standard InChI is InChI=1S/C25H23N3O6S/c29-22(28-25(23(30)31)9-10-33-14-25)20-11-26-21(35-20)12-27-24(32)34-13-19-17-7-3-1-5-15(17)16-6-2-4-8-18(16)19/h1-8,11,19H,9-10,12-14H2,(H,27,32)(H,28,29)(H,30,31). The Balaban J connectivity index is 1.16. The normalized spacial score (nSPS) is 18.5. The fourth-order valence-electron chi connectivity index (χ4n) is 4.46. The van der Waals surface area contributed by atoms with Crippen molar-refractivity contribution in [2.75, 3.05) is 19.8 Å². The number of carbonyl (C=O) groups is 3. The summed E-state index contributed by atoms with van der Waals surface area (Å²) in [5.74, 6) is -1.71. The lowest BCUT2D eigenvalue weighted by atomic mass is 9.98. The van der Waals surface area contributed by atoms with E-state index in [9.17, 15) is 19.5 Å². The Bertz CT molecular complexity index is 1240. The maximum Gasteiger partial charge on any atom is 0.407 e. The van der Waals surface area contributed by atoms with Crippen molar-refractivity contribution in [2.24, 2.45) is 0 Å². The fraction of sp³-hybridized carbons (Fsp3) is 0.280. The molecule has 3 aromatic rings. The summed E-state index contributed by atoms with van der Waals surface area (Å²) < 4.78 is 10.7. The topological polar surface area (TPSA) is 127 Å². The highest BCUT2D eigenvalue weighted by Crippen LogP contribution is 2.44. The number of thiazole rings is 1. The van der Waals surface area contributed by atoms with Gasteiger partial charge in [-0.25, -0.2) is 14.6 Å². The van der Waals surface area contributed by atoms with Crippen LogP contribution >= 0.6 is 11.3 Å². The maximum atomic E-state index is 12.5. The first-order chi connectivity index (χ1) is 17.0. The van der Waals surface area contributed by atoms with Gasteiger partial charge in [0.15, 0.2) is 5.54 Å². The molecule has 0 spiro atoms. The highest BCUT2D eigenvalue weighted by Gasteiger charge is 2.44. The van der Waals surface area contributed by atoms with E-state index in [4.69, 9.17) is 9.47 Å². The molecule has 2 aromatic carbocycles. The Kier molecular flexibility index (Phi) is 6.23. The first kappa shape index (κ1) is 23.0. The number of rotatable bonds is 7. The quantitative estimate of drug-likeness (QED) is 0.461. The van der Waals surface area contributed by atoms with Crippen molar-refractivity contribution in [3.05, 3.63) is 75.7 Å². The lowest BCUT2D eigenvalue weighted by Crippen LogP contribution is -2.55. The Morgan fingerprint density at radius 1 is 1.11 bits per heavy atom. The monoisotopic (exact) mass is 493 g/mol. The number of alkyl carbamates (subject to hydrolysis) is 1. The van der Waals surface area contributed by atoms with Crippen LogP contribution in [0.5, 0.6) is 0 Å². The Morgan fingerprint density at radius 2 is 1.80 bits per heavy atom. The molecule has 180 valence electrons. The number of nitrogens with zero attached hydrogens (tertiary/aromatic N) is 1. The number of aromatic nitrogens is 1. The summed E-state index contributed by atoms with van der Waals surface area (Å²) in [6, 6.07) is 16.2. The number of fused-ring (bicyclic) bond motifs is 3. The van der Waals surface area contributed by atoms with Gasteiger partial charge >= 0.3 is 12.1 Å². The number of benzene rings is 2. The molecule has 2 heterocycles.